The standard InChI is InChI=1S/C15H15N5O3/c1-3-23-14(22)11-8-17-15(16-2)20-13(11)18-12(19-20)9-5-4-6-10(21)7-9/h4-8,21H,3H2,1-2H3,(H,16,17). The molecule has 0 radical (unpaired) electrons. The van der Waals surface area contributed by atoms with Crippen LogP contribution in [-0.2, 0) is 4.74 Å². The van der Waals surface area contributed by atoms with Crippen LogP contribution >= 0.6 is 0 Å². The van der Waals surface area contributed by atoms with Crippen LogP contribution in [0.25, 0.3) is 17.0 Å². The lowest BCUT2D eigenvalue weighted by molar-refractivity contribution is 0.0527. The number of ether oxygens (including phenoxy) is 1. The van der Waals surface area contributed by atoms with Crippen LogP contribution in [0.3, 0.4) is 0 Å². The third kappa shape index (κ3) is 2.66. The van der Waals surface area contributed by atoms with Crippen molar-refractivity contribution >= 4 is 17.6 Å². The van der Waals surface area contributed by atoms with Crippen LogP contribution in [0.2, 0.25) is 0 Å². The van der Waals surface area contributed by atoms with Gasteiger partial charge in [-0.15, -0.1) is 5.10 Å². The van der Waals surface area contributed by atoms with Gasteiger partial charge in [0.25, 0.3) is 0 Å². The largest absolute Gasteiger partial charge is 0.508 e. The maximum atomic E-state index is 12.1. The van der Waals surface area contributed by atoms with Crippen molar-refractivity contribution < 1.29 is 14.6 Å². The summed E-state index contributed by atoms with van der Waals surface area (Å²) in [5.41, 5.74) is 1.19. The van der Waals surface area contributed by atoms with Crippen molar-refractivity contribution in [3.8, 4) is 17.1 Å². The Kier molecular flexibility index (Phi) is 3.80. The number of phenolic OH excluding ortho intramolecular Hbond substituents is 1. The van der Waals surface area contributed by atoms with Crippen molar-refractivity contribution in [2.24, 2.45) is 0 Å². The van der Waals surface area contributed by atoms with Gasteiger partial charge in [-0.1, -0.05) is 12.1 Å². The number of rotatable bonds is 4. The molecule has 2 heterocycles. The molecule has 0 saturated heterocycles. The molecule has 0 bridgehead atoms. The number of esters is 1. The Balaban J connectivity index is 2.20. The molecule has 8 nitrogen and oxygen atoms in total. The van der Waals surface area contributed by atoms with E-state index in [9.17, 15) is 9.90 Å². The van der Waals surface area contributed by atoms with Gasteiger partial charge in [-0.05, 0) is 19.1 Å². The molecule has 3 aromatic rings. The third-order valence-electron chi connectivity index (χ3n) is 3.19. The fourth-order valence-electron chi connectivity index (χ4n) is 2.16. The highest BCUT2D eigenvalue weighted by Gasteiger charge is 2.19. The number of hydrogen-bond acceptors (Lipinski definition) is 7. The Morgan fingerprint density at radius 3 is 2.96 bits per heavy atom. The minimum absolute atomic E-state index is 0.110. The monoisotopic (exact) mass is 313 g/mol. The second kappa shape index (κ2) is 5.91. The van der Waals surface area contributed by atoms with Gasteiger partial charge in [-0.25, -0.2) is 14.8 Å². The summed E-state index contributed by atoms with van der Waals surface area (Å²) >= 11 is 0. The number of carbonyl (C=O) groups excluding carboxylic acids is 1. The fourth-order valence-corrected chi connectivity index (χ4v) is 2.16. The lowest BCUT2D eigenvalue weighted by atomic mass is 10.2. The third-order valence-corrected chi connectivity index (χ3v) is 3.19. The zero-order chi connectivity index (χ0) is 16.4. The molecule has 2 aromatic heterocycles. The smallest absolute Gasteiger partial charge is 0.343 e. The molecular weight excluding hydrogens is 298 g/mol. The number of anilines is 1. The molecule has 0 aliphatic heterocycles. The predicted molar refractivity (Wildman–Crippen MR) is 83.4 cm³/mol. The lowest BCUT2D eigenvalue weighted by Gasteiger charge is -2.05. The van der Waals surface area contributed by atoms with E-state index in [-0.39, 0.29) is 17.9 Å². The van der Waals surface area contributed by atoms with E-state index in [2.05, 4.69) is 20.4 Å². The van der Waals surface area contributed by atoms with Crippen molar-refractivity contribution in [2.75, 3.05) is 19.0 Å². The Hall–Kier alpha value is -3.16. The van der Waals surface area contributed by atoms with E-state index in [1.165, 1.54) is 10.7 Å². The van der Waals surface area contributed by atoms with Crippen LogP contribution in [0.1, 0.15) is 17.3 Å². The molecule has 8 heteroatoms. The first kappa shape index (κ1) is 14.8. The van der Waals surface area contributed by atoms with E-state index >= 15 is 0 Å². The van der Waals surface area contributed by atoms with Gasteiger partial charge in [0.05, 0.1) is 6.61 Å². The van der Waals surface area contributed by atoms with Crippen LogP contribution in [-0.4, -0.2) is 44.3 Å². The van der Waals surface area contributed by atoms with Gasteiger partial charge < -0.3 is 15.2 Å². The molecule has 23 heavy (non-hydrogen) atoms. The summed E-state index contributed by atoms with van der Waals surface area (Å²) in [6.07, 6.45) is 1.40. The maximum Gasteiger partial charge on any atom is 0.343 e. The number of nitrogens with zero attached hydrogens (tertiary/aromatic N) is 4. The van der Waals surface area contributed by atoms with Crippen LogP contribution < -0.4 is 5.32 Å². The molecule has 0 amide bonds. The van der Waals surface area contributed by atoms with Crippen LogP contribution in [0.5, 0.6) is 5.75 Å². The highest BCUT2D eigenvalue weighted by Crippen LogP contribution is 2.23. The first-order chi connectivity index (χ1) is 11.1. The summed E-state index contributed by atoms with van der Waals surface area (Å²) in [5.74, 6) is 0.407. The Bertz CT molecular complexity index is 875. The van der Waals surface area contributed by atoms with Gasteiger partial charge in [-0.2, -0.15) is 4.52 Å². The lowest BCUT2D eigenvalue weighted by Crippen LogP contribution is -2.10. The molecule has 0 saturated carbocycles. The van der Waals surface area contributed by atoms with Crippen molar-refractivity contribution in [1.29, 1.82) is 0 Å². The van der Waals surface area contributed by atoms with Crippen molar-refractivity contribution in [1.82, 2.24) is 19.6 Å². The summed E-state index contributed by atoms with van der Waals surface area (Å²) < 4.78 is 6.46. The van der Waals surface area contributed by atoms with E-state index in [0.29, 0.717) is 23.0 Å². The number of aromatic nitrogens is 4. The summed E-state index contributed by atoms with van der Waals surface area (Å²) in [7, 11) is 1.70. The van der Waals surface area contributed by atoms with Gasteiger partial charge in [0.2, 0.25) is 5.95 Å². The Morgan fingerprint density at radius 1 is 1.43 bits per heavy atom. The average Bonchev–Trinajstić information content (AvgIpc) is 2.99. The summed E-state index contributed by atoms with van der Waals surface area (Å²) in [6.45, 7) is 1.98. The van der Waals surface area contributed by atoms with Gasteiger partial charge in [0, 0.05) is 18.8 Å². The molecule has 1 aromatic carbocycles. The van der Waals surface area contributed by atoms with Crippen LogP contribution in [0, 0.1) is 0 Å². The molecule has 0 aliphatic rings. The van der Waals surface area contributed by atoms with Gasteiger partial charge in [0.1, 0.15) is 11.3 Å². The summed E-state index contributed by atoms with van der Waals surface area (Å²) in [6, 6.07) is 6.57. The van der Waals surface area contributed by atoms with Gasteiger partial charge in [-0.3, -0.25) is 0 Å². The zero-order valence-corrected chi connectivity index (χ0v) is 12.6. The van der Waals surface area contributed by atoms with Crippen LogP contribution in [0.4, 0.5) is 5.95 Å². The zero-order valence-electron chi connectivity index (χ0n) is 12.6. The first-order valence-corrected chi connectivity index (χ1v) is 7.04. The van der Waals surface area contributed by atoms with E-state index in [1.807, 2.05) is 0 Å². The number of fused-ring (bicyclic) bond motifs is 1. The number of phenols is 1. The summed E-state index contributed by atoms with van der Waals surface area (Å²) in [5, 5.41) is 16.9. The minimum atomic E-state index is -0.512. The molecule has 0 atom stereocenters. The molecule has 0 spiro atoms. The first-order valence-electron chi connectivity index (χ1n) is 7.04. The van der Waals surface area contributed by atoms with Crippen LogP contribution in [0.15, 0.2) is 30.5 Å². The predicted octanol–water partition coefficient (Wildman–Crippen LogP) is 1.72. The van der Waals surface area contributed by atoms with Gasteiger partial charge >= 0.3 is 5.97 Å². The quantitative estimate of drug-likeness (QED) is 0.707. The second-order valence-electron chi connectivity index (χ2n) is 4.69. The topological polar surface area (TPSA) is 102 Å². The number of aromatic hydroxyl groups is 1. The molecule has 0 unspecified atom stereocenters. The molecule has 2 N–H and O–H groups in total. The number of nitrogens with one attached hydrogen (secondary N) is 1. The summed E-state index contributed by atoms with van der Waals surface area (Å²) in [4.78, 5) is 20.6. The maximum absolute atomic E-state index is 12.1. The molecule has 3 rings (SSSR count). The van der Waals surface area contributed by atoms with E-state index in [4.69, 9.17) is 4.74 Å². The molecule has 0 fully saturated rings. The average molecular weight is 313 g/mol. The minimum Gasteiger partial charge on any atom is -0.508 e. The second-order valence-corrected chi connectivity index (χ2v) is 4.69. The van der Waals surface area contributed by atoms with E-state index < -0.39 is 5.97 Å². The highest BCUT2D eigenvalue weighted by atomic mass is 16.5. The van der Waals surface area contributed by atoms with E-state index in [1.54, 1.807) is 38.2 Å². The number of benzene rings is 1. The van der Waals surface area contributed by atoms with Crippen molar-refractivity contribution in [3.63, 3.8) is 0 Å². The van der Waals surface area contributed by atoms with Crippen molar-refractivity contribution in [2.45, 2.75) is 6.92 Å². The fraction of sp³-hybridized carbons (Fsp3) is 0.200. The molecular formula is C15H15N5O3. The molecule has 0 aliphatic carbocycles. The SMILES string of the molecule is CCOC(=O)c1cnc(NC)n2nc(-c3cccc(O)c3)nc12. The number of carbonyl (C=O) groups is 1. The van der Waals surface area contributed by atoms with Crippen molar-refractivity contribution in [3.05, 3.63) is 36.0 Å². The highest BCUT2D eigenvalue weighted by molar-refractivity contribution is 5.96. The Labute approximate surface area is 131 Å². The Morgan fingerprint density at radius 2 is 2.26 bits per heavy atom. The normalized spacial score (nSPS) is 10.7. The van der Waals surface area contributed by atoms with Gasteiger partial charge in [0.15, 0.2) is 11.5 Å². The van der Waals surface area contributed by atoms with E-state index in [0.717, 1.165) is 0 Å². The number of hydrogen-bond donors (Lipinski definition) is 2. The molecule has 118 valence electrons.